The number of hydrogen-bond acceptors (Lipinski definition) is 5. The van der Waals surface area contributed by atoms with Crippen molar-refractivity contribution in [3.63, 3.8) is 0 Å². The van der Waals surface area contributed by atoms with E-state index >= 15 is 0 Å². The summed E-state index contributed by atoms with van der Waals surface area (Å²) in [4.78, 5) is 0. The molecule has 0 amide bonds. The summed E-state index contributed by atoms with van der Waals surface area (Å²) >= 11 is 5.24. The molecule has 1 aromatic rings. The molecule has 1 fully saturated rings. The van der Waals surface area contributed by atoms with Gasteiger partial charge in [-0.15, -0.1) is 0 Å². The van der Waals surface area contributed by atoms with Gasteiger partial charge in [-0.25, -0.2) is 9.36 Å². The lowest BCUT2D eigenvalue weighted by Crippen LogP contribution is -2.42. The summed E-state index contributed by atoms with van der Waals surface area (Å²) in [6.07, 6.45) is 3.61. The van der Waals surface area contributed by atoms with Crippen molar-refractivity contribution < 1.29 is 9.47 Å². The van der Waals surface area contributed by atoms with E-state index in [-0.39, 0.29) is 18.1 Å². The van der Waals surface area contributed by atoms with Gasteiger partial charge in [0.15, 0.2) is 5.79 Å². The molecule has 7 heteroatoms. The molecular weight excluding hydrogens is 276 g/mol. The number of rotatable bonds is 5. The number of hydrogen-bond donors (Lipinski definition) is 1. The molecule has 0 radical (unpaired) electrons. The molecule has 1 saturated heterocycles. The number of aromatic nitrogens is 3. The van der Waals surface area contributed by atoms with Gasteiger partial charge < -0.3 is 15.3 Å². The first kappa shape index (κ1) is 15.5. The lowest BCUT2D eigenvalue weighted by atomic mass is 10.0. The minimum absolute atomic E-state index is 0.122. The van der Waals surface area contributed by atoms with Crippen molar-refractivity contribution in [1.29, 1.82) is 0 Å². The summed E-state index contributed by atoms with van der Waals surface area (Å²) in [5, 5.41) is 4.20. The minimum atomic E-state index is -0.687. The summed E-state index contributed by atoms with van der Waals surface area (Å²) < 4.78 is 16.0. The molecule has 2 unspecified atom stereocenters. The highest BCUT2D eigenvalue weighted by Gasteiger charge is 2.49. The molecule has 20 heavy (non-hydrogen) atoms. The second-order valence-electron chi connectivity index (χ2n) is 5.57. The Morgan fingerprint density at radius 2 is 1.90 bits per heavy atom. The van der Waals surface area contributed by atoms with Crippen LogP contribution in [-0.4, -0.2) is 32.5 Å². The molecule has 1 aliphatic rings. The third kappa shape index (κ3) is 2.62. The largest absolute Gasteiger partial charge is 0.342 e. The van der Waals surface area contributed by atoms with E-state index in [1.54, 1.807) is 4.68 Å². The number of nitrogen functional groups attached to an aromatic ring is 1. The lowest BCUT2D eigenvalue weighted by Gasteiger charge is -2.32. The molecule has 1 aliphatic heterocycles. The zero-order chi connectivity index (χ0) is 14.9. The second-order valence-corrected chi connectivity index (χ2v) is 5.94. The lowest BCUT2D eigenvalue weighted by molar-refractivity contribution is -0.215. The molecule has 2 heterocycles. The van der Waals surface area contributed by atoms with E-state index in [1.807, 2.05) is 0 Å². The van der Waals surface area contributed by atoms with E-state index in [9.17, 15) is 0 Å². The maximum Gasteiger partial charge on any atom is 0.216 e. The van der Waals surface area contributed by atoms with Gasteiger partial charge >= 0.3 is 0 Å². The van der Waals surface area contributed by atoms with Gasteiger partial charge in [0, 0.05) is 5.92 Å². The molecule has 0 bridgehead atoms. The monoisotopic (exact) mass is 300 g/mol. The van der Waals surface area contributed by atoms with Gasteiger partial charge in [-0.2, -0.15) is 5.10 Å². The Hall–Kier alpha value is -0.920. The minimum Gasteiger partial charge on any atom is -0.342 e. The quantitative estimate of drug-likeness (QED) is 0.666. The number of ether oxygens (including phenoxy) is 2. The van der Waals surface area contributed by atoms with Gasteiger partial charge in [-0.3, -0.25) is 0 Å². The third-order valence-corrected chi connectivity index (χ3v) is 4.35. The molecule has 2 rings (SSSR count). The van der Waals surface area contributed by atoms with E-state index in [0.29, 0.717) is 11.3 Å². The highest BCUT2D eigenvalue weighted by molar-refractivity contribution is 7.71. The van der Waals surface area contributed by atoms with Gasteiger partial charge in [-0.1, -0.05) is 27.7 Å². The first-order chi connectivity index (χ1) is 9.43. The fourth-order valence-electron chi connectivity index (χ4n) is 2.58. The Labute approximate surface area is 124 Å². The van der Waals surface area contributed by atoms with E-state index in [1.165, 1.54) is 11.0 Å². The molecule has 1 aromatic heterocycles. The maximum absolute atomic E-state index is 6.25. The molecule has 0 aliphatic carbocycles. The number of nitrogens with zero attached hydrogens (tertiary/aromatic N) is 3. The van der Waals surface area contributed by atoms with Crippen molar-refractivity contribution in [3.05, 3.63) is 11.1 Å². The summed E-state index contributed by atoms with van der Waals surface area (Å²) in [6.45, 7) is 8.88. The maximum atomic E-state index is 6.25. The zero-order valence-corrected chi connectivity index (χ0v) is 13.4. The van der Waals surface area contributed by atoms with E-state index in [2.05, 4.69) is 32.8 Å². The average Bonchev–Trinajstić information content (AvgIpc) is 2.95. The molecule has 0 spiro atoms. The standard InChI is InChI=1S/C13H24N4O2S/c1-5-10-11(6-2)19-13(18-10,9(3)4)7-17-12(20)16(14)8-15-17/h8-11H,5-7,14H2,1-4H3. The Balaban J connectivity index is 2.28. The fourth-order valence-corrected chi connectivity index (χ4v) is 2.74. The van der Waals surface area contributed by atoms with Crippen LogP contribution in [0.4, 0.5) is 0 Å². The average molecular weight is 300 g/mol. The molecule has 114 valence electrons. The normalized spacial score (nSPS) is 30.2. The molecule has 2 N–H and O–H groups in total. The molecule has 6 nitrogen and oxygen atoms in total. The van der Waals surface area contributed by atoms with Crippen LogP contribution in [0.1, 0.15) is 40.5 Å². The Kier molecular flexibility index (Phi) is 4.51. The summed E-state index contributed by atoms with van der Waals surface area (Å²) in [5.41, 5.74) is 0. The van der Waals surface area contributed by atoms with Gasteiger partial charge in [0.05, 0.1) is 18.8 Å². The van der Waals surface area contributed by atoms with Crippen molar-refractivity contribution in [2.75, 3.05) is 5.84 Å². The predicted octanol–water partition coefficient (Wildman–Crippen LogP) is 2.08. The van der Waals surface area contributed by atoms with Crippen LogP contribution in [0.25, 0.3) is 0 Å². The Morgan fingerprint density at radius 1 is 1.35 bits per heavy atom. The van der Waals surface area contributed by atoms with Gasteiger partial charge in [0.1, 0.15) is 6.33 Å². The van der Waals surface area contributed by atoms with Crippen LogP contribution in [0.15, 0.2) is 6.33 Å². The topological polar surface area (TPSA) is 67.2 Å². The van der Waals surface area contributed by atoms with Crippen LogP contribution in [0.3, 0.4) is 0 Å². The third-order valence-electron chi connectivity index (χ3n) is 3.93. The highest BCUT2D eigenvalue weighted by Crippen LogP contribution is 2.38. The number of nitrogens with two attached hydrogens (primary N) is 1. The first-order valence-corrected chi connectivity index (χ1v) is 7.59. The van der Waals surface area contributed by atoms with Gasteiger partial charge in [0.2, 0.25) is 4.77 Å². The highest BCUT2D eigenvalue weighted by atomic mass is 32.1. The van der Waals surface area contributed by atoms with Gasteiger partial charge in [-0.05, 0) is 25.1 Å². The smallest absolute Gasteiger partial charge is 0.216 e. The van der Waals surface area contributed by atoms with Crippen LogP contribution in [0, 0.1) is 10.7 Å². The van der Waals surface area contributed by atoms with Crippen LogP contribution >= 0.6 is 12.2 Å². The van der Waals surface area contributed by atoms with E-state index in [0.717, 1.165) is 12.8 Å². The van der Waals surface area contributed by atoms with Crippen LogP contribution < -0.4 is 5.84 Å². The second kappa shape index (κ2) is 5.83. The first-order valence-electron chi connectivity index (χ1n) is 7.18. The molecule has 0 aromatic carbocycles. The van der Waals surface area contributed by atoms with Gasteiger partial charge in [0.25, 0.3) is 0 Å². The molecular formula is C13H24N4O2S. The molecule has 2 atom stereocenters. The molecule has 0 saturated carbocycles. The predicted molar refractivity (Wildman–Crippen MR) is 79.1 cm³/mol. The Bertz CT molecular complexity index is 499. The van der Waals surface area contributed by atoms with Crippen molar-refractivity contribution in [1.82, 2.24) is 14.5 Å². The summed E-state index contributed by atoms with van der Waals surface area (Å²) in [7, 11) is 0. The zero-order valence-electron chi connectivity index (χ0n) is 12.6. The summed E-state index contributed by atoms with van der Waals surface area (Å²) in [5.74, 6) is 5.19. The van der Waals surface area contributed by atoms with E-state index < -0.39 is 5.79 Å². The Morgan fingerprint density at radius 3 is 2.25 bits per heavy atom. The van der Waals surface area contributed by atoms with Crippen LogP contribution in [0.2, 0.25) is 0 Å². The van der Waals surface area contributed by atoms with Crippen molar-refractivity contribution in [2.24, 2.45) is 5.92 Å². The van der Waals surface area contributed by atoms with E-state index in [4.69, 9.17) is 27.5 Å². The van der Waals surface area contributed by atoms with Crippen molar-refractivity contribution >= 4 is 12.2 Å². The van der Waals surface area contributed by atoms with Crippen LogP contribution in [-0.2, 0) is 16.0 Å². The van der Waals surface area contributed by atoms with Crippen LogP contribution in [0.5, 0.6) is 0 Å². The van der Waals surface area contributed by atoms with Crippen molar-refractivity contribution in [3.8, 4) is 0 Å². The SMILES string of the molecule is CCC1OC(Cn2ncn(N)c2=S)(C(C)C)OC1CC. The fraction of sp³-hybridized carbons (Fsp3) is 0.846. The van der Waals surface area contributed by atoms with Crippen molar-refractivity contribution in [2.45, 2.75) is 65.1 Å². The summed E-state index contributed by atoms with van der Waals surface area (Å²) in [6, 6.07) is 0.